The lowest BCUT2D eigenvalue weighted by Gasteiger charge is -2.34. The molecule has 170 valence electrons. The third-order valence-electron chi connectivity index (χ3n) is 5.72. The zero-order valence-electron chi connectivity index (χ0n) is 17.4. The average Bonchev–Trinajstić information content (AvgIpc) is 3.05. The fourth-order valence-corrected chi connectivity index (χ4v) is 4.09. The highest BCUT2D eigenvalue weighted by molar-refractivity contribution is 5.86. The van der Waals surface area contributed by atoms with Gasteiger partial charge in [0.05, 0.1) is 36.5 Å². The SMILES string of the molecule is Cn1c(=O)c2c(ncn2[C@H]2CN(C(=O)[C@@H](N)CC(=O)O)C[C@H](O)C[C@]2(C)O)n(C)c1=O. The fourth-order valence-electron chi connectivity index (χ4n) is 4.09. The summed E-state index contributed by atoms with van der Waals surface area (Å²) in [4.78, 5) is 54.0. The predicted molar refractivity (Wildman–Crippen MR) is 107 cm³/mol. The molecule has 5 N–H and O–H groups in total. The van der Waals surface area contributed by atoms with Gasteiger partial charge in [-0.2, -0.15) is 0 Å². The number of hydrogen-bond donors (Lipinski definition) is 4. The number of carboxylic acids is 1. The molecule has 1 amide bonds. The molecule has 0 aromatic carbocycles. The number of aryl methyl sites for hydroxylation is 1. The molecule has 13 heteroatoms. The number of aliphatic hydroxyl groups excluding tert-OH is 1. The van der Waals surface area contributed by atoms with Gasteiger partial charge in [-0.1, -0.05) is 0 Å². The summed E-state index contributed by atoms with van der Waals surface area (Å²) in [5.74, 6) is -1.95. The maximum Gasteiger partial charge on any atom is 0.332 e. The van der Waals surface area contributed by atoms with E-state index in [1.807, 2.05) is 0 Å². The van der Waals surface area contributed by atoms with E-state index in [9.17, 15) is 29.4 Å². The zero-order chi connectivity index (χ0) is 23.2. The van der Waals surface area contributed by atoms with Crippen LogP contribution in [0.1, 0.15) is 25.8 Å². The summed E-state index contributed by atoms with van der Waals surface area (Å²) < 4.78 is 3.49. The van der Waals surface area contributed by atoms with Gasteiger partial charge >= 0.3 is 11.7 Å². The van der Waals surface area contributed by atoms with Gasteiger partial charge in [0, 0.05) is 33.6 Å². The molecule has 0 aliphatic carbocycles. The first-order chi connectivity index (χ1) is 14.3. The van der Waals surface area contributed by atoms with E-state index in [4.69, 9.17) is 10.8 Å². The number of nitrogens with zero attached hydrogens (tertiary/aromatic N) is 5. The van der Waals surface area contributed by atoms with Crippen LogP contribution in [0.25, 0.3) is 11.2 Å². The molecule has 13 nitrogen and oxygen atoms in total. The van der Waals surface area contributed by atoms with Crippen LogP contribution in [0.4, 0.5) is 0 Å². The molecule has 3 heterocycles. The minimum atomic E-state index is -1.57. The standard InChI is InChI=1S/C18H26N6O7/c1-18(31)5-9(25)6-23(15(28)10(19)4-12(26)27)7-11(18)24-8-20-14-13(24)16(29)22(3)17(30)21(14)2/h8-11,25,31H,4-7,19H2,1-3H3,(H,26,27)/t9-,10+,11+,18+/m1/s1. The number of carbonyl (C=O) groups is 2. The highest BCUT2D eigenvalue weighted by atomic mass is 16.4. The van der Waals surface area contributed by atoms with Gasteiger partial charge in [0.25, 0.3) is 5.56 Å². The number of aliphatic carboxylic acids is 1. The second-order valence-electron chi connectivity index (χ2n) is 8.21. The Morgan fingerprint density at radius 2 is 1.94 bits per heavy atom. The molecule has 4 atom stereocenters. The van der Waals surface area contributed by atoms with E-state index in [1.165, 1.54) is 41.4 Å². The highest BCUT2D eigenvalue weighted by Crippen LogP contribution is 2.33. The van der Waals surface area contributed by atoms with Crippen molar-refractivity contribution < 1.29 is 24.9 Å². The van der Waals surface area contributed by atoms with Crippen molar-refractivity contribution >= 4 is 23.0 Å². The molecule has 0 bridgehead atoms. The van der Waals surface area contributed by atoms with Crippen LogP contribution in [0, 0.1) is 0 Å². The molecule has 1 saturated heterocycles. The van der Waals surface area contributed by atoms with Gasteiger partial charge in [0.15, 0.2) is 11.2 Å². The van der Waals surface area contributed by atoms with Crippen molar-refractivity contribution in [3.63, 3.8) is 0 Å². The van der Waals surface area contributed by atoms with Crippen molar-refractivity contribution in [3.05, 3.63) is 27.2 Å². The van der Waals surface area contributed by atoms with Crippen molar-refractivity contribution in [1.82, 2.24) is 23.6 Å². The summed E-state index contributed by atoms with van der Waals surface area (Å²) >= 11 is 0. The van der Waals surface area contributed by atoms with Crippen LogP contribution in [0.15, 0.2) is 15.9 Å². The summed E-state index contributed by atoms with van der Waals surface area (Å²) in [6.07, 6.45) is -0.532. The number of rotatable bonds is 4. The van der Waals surface area contributed by atoms with Crippen LogP contribution in [-0.2, 0) is 23.7 Å². The quantitative estimate of drug-likeness (QED) is 0.389. The van der Waals surface area contributed by atoms with Crippen LogP contribution in [0.3, 0.4) is 0 Å². The molecule has 0 saturated carbocycles. The largest absolute Gasteiger partial charge is 0.481 e. The van der Waals surface area contributed by atoms with Crippen LogP contribution in [0.2, 0.25) is 0 Å². The van der Waals surface area contributed by atoms with Crippen LogP contribution in [-0.4, -0.2) is 81.6 Å². The Hall–Kier alpha value is -3.03. The lowest BCUT2D eigenvalue weighted by atomic mass is 9.91. The van der Waals surface area contributed by atoms with E-state index >= 15 is 0 Å². The van der Waals surface area contributed by atoms with E-state index < -0.39 is 53.3 Å². The van der Waals surface area contributed by atoms with Crippen LogP contribution < -0.4 is 17.0 Å². The van der Waals surface area contributed by atoms with Crippen LogP contribution in [0.5, 0.6) is 0 Å². The van der Waals surface area contributed by atoms with Gasteiger partial charge in [0.1, 0.15) is 0 Å². The number of aromatic nitrogens is 4. The van der Waals surface area contributed by atoms with E-state index in [-0.39, 0.29) is 30.7 Å². The molecule has 31 heavy (non-hydrogen) atoms. The van der Waals surface area contributed by atoms with E-state index in [0.717, 1.165) is 4.57 Å². The van der Waals surface area contributed by atoms with E-state index in [1.54, 1.807) is 0 Å². The first kappa shape index (κ1) is 22.7. The second kappa shape index (κ2) is 7.90. The number of carbonyl (C=O) groups excluding carboxylic acids is 1. The molecule has 1 fully saturated rings. The maximum absolute atomic E-state index is 12.8. The van der Waals surface area contributed by atoms with Gasteiger partial charge in [-0.15, -0.1) is 0 Å². The number of likely N-dealkylation sites (tertiary alicyclic amines) is 1. The summed E-state index contributed by atoms with van der Waals surface area (Å²) in [6, 6.07) is -2.26. The number of β-amino-alcohol motifs (C(OH)–C–C–N with tert-alkyl or cyclic N) is 1. The molecule has 0 spiro atoms. The number of carboxylic acid groups (broad SMARTS) is 1. The van der Waals surface area contributed by atoms with Crippen molar-refractivity contribution in [1.29, 1.82) is 0 Å². The van der Waals surface area contributed by atoms with Gasteiger partial charge in [-0.05, 0) is 6.92 Å². The normalized spacial score (nSPS) is 25.4. The predicted octanol–water partition coefficient (Wildman–Crippen LogP) is -2.88. The van der Waals surface area contributed by atoms with E-state index in [0.29, 0.717) is 0 Å². The lowest BCUT2D eigenvalue weighted by Crippen LogP contribution is -2.49. The third-order valence-corrected chi connectivity index (χ3v) is 5.72. The number of fused-ring (bicyclic) bond motifs is 1. The third kappa shape index (κ3) is 3.98. The summed E-state index contributed by atoms with van der Waals surface area (Å²) in [7, 11) is 2.77. The second-order valence-corrected chi connectivity index (χ2v) is 8.21. The molecule has 3 rings (SSSR count). The van der Waals surface area contributed by atoms with Gasteiger partial charge in [0.2, 0.25) is 5.91 Å². The Kier molecular flexibility index (Phi) is 5.78. The lowest BCUT2D eigenvalue weighted by molar-refractivity contribution is -0.142. The van der Waals surface area contributed by atoms with Crippen molar-refractivity contribution in [2.75, 3.05) is 13.1 Å². The number of aliphatic hydroxyl groups is 2. The number of hydrogen-bond acceptors (Lipinski definition) is 8. The zero-order valence-corrected chi connectivity index (χ0v) is 17.4. The van der Waals surface area contributed by atoms with E-state index in [2.05, 4.69) is 4.98 Å². The van der Waals surface area contributed by atoms with Crippen LogP contribution >= 0.6 is 0 Å². The summed E-state index contributed by atoms with van der Waals surface area (Å²) in [5, 5.41) is 30.4. The van der Waals surface area contributed by atoms with Gasteiger partial charge in [-0.25, -0.2) is 9.78 Å². The Morgan fingerprint density at radius 3 is 2.55 bits per heavy atom. The molecule has 1 aliphatic rings. The summed E-state index contributed by atoms with van der Waals surface area (Å²) in [6.45, 7) is 1.14. The molecular weight excluding hydrogens is 412 g/mol. The van der Waals surface area contributed by atoms with Crippen molar-refractivity contribution in [3.8, 4) is 0 Å². The monoisotopic (exact) mass is 438 g/mol. The smallest absolute Gasteiger partial charge is 0.332 e. The minimum absolute atomic E-state index is 0.0495. The fraction of sp³-hybridized carbons (Fsp3) is 0.611. The average molecular weight is 438 g/mol. The maximum atomic E-state index is 12.8. The highest BCUT2D eigenvalue weighted by Gasteiger charge is 2.43. The van der Waals surface area contributed by atoms with Crippen molar-refractivity contribution in [2.24, 2.45) is 19.8 Å². The molecule has 2 aromatic heterocycles. The Balaban J connectivity index is 2.12. The number of amides is 1. The van der Waals surface area contributed by atoms with Gasteiger partial charge < -0.3 is 30.5 Å². The first-order valence-electron chi connectivity index (χ1n) is 9.64. The minimum Gasteiger partial charge on any atom is -0.481 e. The Labute approximate surface area is 175 Å². The molecule has 0 unspecified atom stereocenters. The molecule has 2 aromatic rings. The molecule has 1 aliphatic heterocycles. The number of nitrogens with two attached hydrogens (primary N) is 1. The first-order valence-corrected chi connectivity index (χ1v) is 9.64. The van der Waals surface area contributed by atoms with Gasteiger partial charge in [-0.3, -0.25) is 23.5 Å². The topological polar surface area (TPSA) is 186 Å². The summed E-state index contributed by atoms with van der Waals surface area (Å²) in [5.41, 5.74) is 3.11. The Bertz CT molecular complexity index is 1150. The molecular formula is C18H26N6O7. The molecule has 0 radical (unpaired) electrons. The Morgan fingerprint density at radius 1 is 1.29 bits per heavy atom. The van der Waals surface area contributed by atoms with Crippen molar-refractivity contribution in [2.45, 2.75) is 43.6 Å². The number of imidazole rings is 1.